The van der Waals surface area contributed by atoms with Crippen LogP contribution in [-0.4, -0.2) is 11.1 Å². The molecule has 0 saturated heterocycles. The van der Waals surface area contributed by atoms with Gasteiger partial charge in [-0.15, -0.1) is 11.3 Å². The number of benzene rings is 1. The molecule has 1 heterocycles. The smallest absolute Gasteiger partial charge is 0.347 e. The van der Waals surface area contributed by atoms with Gasteiger partial charge in [0.15, 0.2) is 0 Å². The van der Waals surface area contributed by atoms with Crippen LogP contribution >= 0.6 is 38.9 Å². The van der Waals surface area contributed by atoms with E-state index in [4.69, 9.17) is 16.7 Å². The van der Waals surface area contributed by atoms with Crippen LogP contribution in [0, 0.1) is 12.7 Å². The normalized spacial score (nSPS) is 10.7. The molecular formula is C12H7BrClFO2S. The predicted molar refractivity (Wildman–Crippen MR) is 74.1 cm³/mol. The van der Waals surface area contributed by atoms with E-state index in [1.807, 2.05) is 0 Å². The number of hydrogen-bond donors (Lipinski definition) is 1. The first-order valence-electron chi connectivity index (χ1n) is 4.89. The maximum absolute atomic E-state index is 13.1. The average molecular weight is 350 g/mol. The summed E-state index contributed by atoms with van der Waals surface area (Å²) in [4.78, 5) is 12.0. The molecule has 1 aromatic carbocycles. The maximum Gasteiger partial charge on any atom is 0.347 e. The average Bonchev–Trinajstić information content (AvgIpc) is 2.60. The molecule has 0 unspecified atom stereocenters. The summed E-state index contributed by atoms with van der Waals surface area (Å²) in [6.45, 7) is 1.81. The highest BCUT2D eigenvalue weighted by atomic mass is 79.9. The topological polar surface area (TPSA) is 37.3 Å². The van der Waals surface area contributed by atoms with Crippen LogP contribution in [0.2, 0.25) is 5.02 Å². The van der Waals surface area contributed by atoms with E-state index in [0.29, 0.717) is 10.0 Å². The summed E-state index contributed by atoms with van der Waals surface area (Å²) in [7, 11) is 0. The Kier molecular flexibility index (Phi) is 3.75. The Morgan fingerprint density at radius 2 is 2.17 bits per heavy atom. The Morgan fingerprint density at radius 1 is 1.50 bits per heavy atom. The minimum absolute atomic E-state index is 0.0216. The summed E-state index contributed by atoms with van der Waals surface area (Å²) in [6.07, 6.45) is 0. The van der Waals surface area contributed by atoms with Gasteiger partial charge in [0.05, 0.1) is 5.02 Å². The summed E-state index contributed by atoms with van der Waals surface area (Å²) in [5, 5.41) is 9.06. The molecule has 0 amide bonds. The van der Waals surface area contributed by atoms with Gasteiger partial charge in [0.2, 0.25) is 0 Å². The second-order valence-electron chi connectivity index (χ2n) is 3.63. The largest absolute Gasteiger partial charge is 0.477 e. The van der Waals surface area contributed by atoms with Gasteiger partial charge in [0, 0.05) is 9.35 Å². The number of rotatable bonds is 2. The third-order valence-corrected chi connectivity index (χ3v) is 5.32. The Bertz CT molecular complexity index is 639. The van der Waals surface area contributed by atoms with Gasteiger partial charge in [-0.2, -0.15) is 0 Å². The first-order chi connectivity index (χ1) is 8.41. The Labute approximate surface area is 120 Å². The molecule has 0 fully saturated rings. The molecular weight excluding hydrogens is 343 g/mol. The lowest BCUT2D eigenvalue weighted by Crippen LogP contribution is -1.92. The van der Waals surface area contributed by atoms with E-state index >= 15 is 0 Å². The number of aromatic carboxylic acids is 1. The van der Waals surface area contributed by atoms with Crippen molar-refractivity contribution in [3.05, 3.63) is 44.0 Å². The molecule has 18 heavy (non-hydrogen) atoms. The molecule has 2 rings (SSSR count). The molecule has 0 aliphatic rings. The van der Waals surface area contributed by atoms with E-state index in [1.165, 1.54) is 12.1 Å². The van der Waals surface area contributed by atoms with Crippen molar-refractivity contribution in [1.29, 1.82) is 0 Å². The zero-order chi connectivity index (χ0) is 13.4. The van der Waals surface area contributed by atoms with Crippen molar-refractivity contribution in [2.45, 2.75) is 6.92 Å². The van der Waals surface area contributed by atoms with E-state index in [0.717, 1.165) is 21.8 Å². The van der Waals surface area contributed by atoms with Crippen LogP contribution in [0.4, 0.5) is 4.39 Å². The number of carbonyl (C=O) groups is 1. The van der Waals surface area contributed by atoms with Crippen molar-refractivity contribution in [1.82, 2.24) is 0 Å². The van der Waals surface area contributed by atoms with Crippen molar-refractivity contribution in [2.24, 2.45) is 0 Å². The van der Waals surface area contributed by atoms with Crippen molar-refractivity contribution >= 4 is 44.8 Å². The highest BCUT2D eigenvalue weighted by molar-refractivity contribution is 9.10. The molecule has 2 nitrogen and oxygen atoms in total. The summed E-state index contributed by atoms with van der Waals surface area (Å²) >= 11 is 10.1. The number of carboxylic acids is 1. The molecule has 0 bridgehead atoms. The predicted octanol–water partition coefficient (Wildman–Crippen LogP) is 4.98. The zero-order valence-electron chi connectivity index (χ0n) is 9.13. The molecule has 0 aliphatic carbocycles. The van der Waals surface area contributed by atoms with Crippen molar-refractivity contribution < 1.29 is 14.3 Å². The Hall–Kier alpha value is -0.910. The lowest BCUT2D eigenvalue weighted by atomic mass is 10.1. The number of carboxylic acid groups (broad SMARTS) is 1. The third kappa shape index (κ3) is 2.30. The quantitative estimate of drug-likeness (QED) is 0.830. The second-order valence-corrected chi connectivity index (χ2v) is 5.85. The van der Waals surface area contributed by atoms with E-state index in [-0.39, 0.29) is 9.90 Å². The minimum atomic E-state index is -0.991. The van der Waals surface area contributed by atoms with Crippen LogP contribution in [0.15, 0.2) is 22.7 Å². The third-order valence-electron chi connectivity index (χ3n) is 2.45. The lowest BCUT2D eigenvalue weighted by molar-refractivity contribution is 0.0701. The molecule has 0 spiro atoms. The van der Waals surface area contributed by atoms with Crippen molar-refractivity contribution in [2.75, 3.05) is 0 Å². The molecule has 94 valence electrons. The van der Waals surface area contributed by atoms with Crippen LogP contribution in [0.25, 0.3) is 10.4 Å². The summed E-state index contributed by atoms with van der Waals surface area (Å²) in [5.74, 6) is -1.48. The highest BCUT2D eigenvalue weighted by Gasteiger charge is 2.19. The fourth-order valence-electron chi connectivity index (χ4n) is 1.54. The minimum Gasteiger partial charge on any atom is -0.477 e. The molecule has 1 aromatic heterocycles. The monoisotopic (exact) mass is 348 g/mol. The van der Waals surface area contributed by atoms with Crippen LogP contribution in [0.3, 0.4) is 0 Å². The van der Waals surface area contributed by atoms with Gasteiger partial charge >= 0.3 is 5.97 Å². The van der Waals surface area contributed by atoms with Crippen molar-refractivity contribution in [3.63, 3.8) is 0 Å². The van der Waals surface area contributed by atoms with E-state index in [2.05, 4.69) is 15.9 Å². The van der Waals surface area contributed by atoms with E-state index in [9.17, 15) is 9.18 Å². The van der Waals surface area contributed by atoms with Gasteiger partial charge in [0.25, 0.3) is 0 Å². The van der Waals surface area contributed by atoms with Gasteiger partial charge in [-0.1, -0.05) is 17.7 Å². The lowest BCUT2D eigenvalue weighted by Gasteiger charge is -2.01. The molecule has 2 aromatic rings. The van der Waals surface area contributed by atoms with Gasteiger partial charge in [-0.3, -0.25) is 0 Å². The van der Waals surface area contributed by atoms with E-state index in [1.54, 1.807) is 13.0 Å². The van der Waals surface area contributed by atoms with Crippen LogP contribution in [-0.2, 0) is 0 Å². The first kappa shape index (κ1) is 13.5. The van der Waals surface area contributed by atoms with Gasteiger partial charge < -0.3 is 5.11 Å². The molecule has 0 saturated carbocycles. The molecule has 6 heteroatoms. The fourth-order valence-corrected chi connectivity index (χ4v) is 3.50. The SMILES string of the molecule is Cc1c(-c2ccc(F)c(Cl)c2)sc(C(=O)O)c1Br. The Morgan fingerprint density at radius 3 is 2.67 bits per heavy atom. The van der Waals surface area contributed by atoms with E-state index < -0.39 is 11.8 Å². The second kappa shape index (κ2) is 4.99. The number of hydrogen-bond acceptors (Lipinski definition) is 2. The Balaban J connectivity index is 2.61. The van der Waals surface area contributed by atoms with Crippen LogP contribution < -0.4 is 0 Å². The molecule has 0 atom stereocenters. The van der Waals surface area contributed by atoms with Gasteiger partial charge in [-0.05, 0) is 46.1 Å². The van der Waals surface area contributed by atoms with Crippen LogP contribution in [0.1, 0.15) is 15.2 Å². The standard InChI is InChI=1S/C12H7BrClFO2S/c1-5-9(13)11(12(16)17)18-10(5)6-2-3-8(15)7(14)4-6/h2-4H,1H3,(H,16,17). The molecule has 0 aliphatic heterocycles. The van der Waals surface area contributed by atoms with Crippen LogP contribution in [0.5, 0.6) is 0 Å². The zero-order valence-corrected chi connectivity index (χ0v) is 12.3. The van der Waals surface area contributed by atoms with Crippen molar-refractivity contribution in [3.8, 4) is 10.4 Å². The highest BCUT2D eigenvalue weighted by Crippen LogP contribution is 2.40. The van der Waals surface area contributed by atoms with Gasteiger partial charge in [-0.25, -0.2) is 9.18 Å². The number of thiophene rings is 1. The summed E-state index contributed by atoms with van der Waals surface area (Å²) < 4.78 is 13.6. The molecule has 1 N–H and O–H groups in total. The summed E-state index contributed by atoms with van der Waals surface area (Å²) in [5.41, 5.74) is 1.51. The summed E-state index contributed by atoms with van der Waals surface area (Å²) in [6, 6.07) is 4.34. The van der Waals surface area contributed by atoms with Gasteiger partial charge in [0.1, 0.15) is 10.7 Å². The number of halogens is 3. The fraction of sp³-hybridized carbons (Fsp3) is 0.0833. The molecule has 0 radical (unpaired) electrons. The maximum atomic E-state index is 13.1. The first-order valence-corrected chi connectivity index (χ1v) is 6.88.